The zero-order valence-corrected chi connectivity index (χ0v) is 17.9. The summed E-state index contributed by atoms with van der Waals surface area (Å²) in [6, 6.07) is 27.5. The predicted octanol–water partition coefficient (Wildman–Crippen LogP) is 4.37. The molecule has 0 unspecified atom stereocenters. The summed E-state index contributed by atoms with van der Waals surface area (Å²) in [6.45, 7) is 1.69. The average Bonchev–Trinajstić information content (AvgIpc) is 2.83. The number of rotatable bonds is 13. The number of methoxy groups -OCH3 is 1. The predicted molar refractivity (Wildman–Crippen MR) is 120 cm³/mol. The van der Waals surface area contributed by atoms with Crippen molar-refractivity contribution in [2.24, 2.45) is 0 Å². The fourth-order valence-corrected chi connectivity index (χ4v) is 3.04. The van der Waals surface area contributed by atoms with Gasteiger partial charge < -0.3 is 24.1 Å². The Morgan fingerprint density at radius 1 is 0.645 bits per heavy atom. The van der Waals surface area contributed by atoms with Crippen molar-refractivity contribution in [3.63, 3.8) is 0 Å². The van der Waals surface area contributed by atoms with E-state index in [4.69, 9.17) is 18.9 Å². The maximum atomic E-state index is 10.7. The molecule has 0 radical (unpaired) electrons. The lowest BCUT2D eigenvalue weighted by atomic mass is 10.2. The third kappa shape index (κ3) is 8.15. The highest BCUT2D eigenvalue weighted by atomic mass is 16.5. The second kappa shape index (κ2) is 12.9. The molecule has 164 valence electrons. The van der Waals surface area contributed by atoms with Gasteiger partial charge in [0, 0.05) is 0 Å². The Bertz CT molecular complexity index is 852. The molecule has 0 heterocycles. The molecule has 5 heteroatoms. The average molecular weight is 423 g/mol. The fourth-order valence-electron chi connectivity index (χ4n) is 3.04. The van der Waals surface area contributed by atoms with Crippen LogP contribution in [0.25, 0.3) is 0 Å². The van der Waals surface area contributed by atoms with Crippen molar-refractivity contribution in [3.05, 3.63) is 102 Å². The summed E-state index contributed by atoms with van der Waals surface area (Å²) < 4.78 is 22.7. The van der Waals surface area contributed by atoms with Gasteiger partial charge in [0.2, 0.25) is 0 Å². The van der Waals surface area contributed by atoms with E-state index in [0.29, 0.717) is 19.8 Å². The molecule has 0 aliphatic heterocycles. The fraction of sp³-hybridized carbons (Fsp3) is 0.308. The van der Waals surface area contributed by atoms with Gasteiger partial charge in [0.05, 0.1) is 40.1 Å². The van der Waals surface area contributed by atoms with Crippen LogP contribution < -0.4 is 4.74 Å². The number of aliphatic hydroxyl groups excluding tert-OH is 1. The van der Waals surface area contributed by atoms with Crippen molar-refractivity contribution in [3.8, 4) is 5.75 Å². The number of benzene rings is 3. The third-order valence-corrected chi connectivity index (χ3v) is 4.85. The Hall–Kier alpha value is -2.70. The van der Waals surface area contributed by atoms with Crippen molar-refractivity contribution < 1.29 is 24.1 Å². The molecule has 5 nitrogen and oxygen atoms in total. The molecule has 0 aromatic heterocycles. The van der Waals surface area contributed by atoms with Crippen molar-refractivity contribution in [1.29, 1.82) is 0 Å². The van der Waals surface area contributed by atoms with Gasteiger partial charge >= 0.3 is 0 Å². The van der Waals surface area contributed by atoms with Gasteiger partial charge in [0.25, 0.3) is 0 Å². The normalized spacial score (nSPS) is 13.0. The van der Waals surface area contributed by atoms with Crippen LogP contribution in [0, 0.1) is 0 Å². The van der Waals surface area contributed by atoms with Crippen molar-refractivity contribution >= 4 is 0 Å². The maximum absolute atomic E-state index is 10.7. The SMILES string of the molecule is COc1ccc(CO[C@@H](COCc2ccccc2)[C@@H](O)COCc2ccccc2)cc1. The summed E-state index contributed by atoms with van der Waals surface area (Å²) >= 11 is 0. The maximum Gasteiger partial charge on any atom is 0.118 e. The van der Waals surface area contributed by atoms with E-state index in [9.17, 15) is 5.11 Å². The molecule has 3 rings (SSSR count). The molecule has 3 aromatic rings. The van der Waals surface area contributed by atoms with Crippen molar-refractivity contribution in [2.75, 3.05) is 20.3 Å². The van der Waals surface area contributed by atoms with E-state index >= 15 is 0 Å². The lowest BCUT2D eigenvalue weighted by Gasteiger charge is -2.23. The highest BCUT2D eigenvalue weighted by molar-refractivity contribution is 5.26. The van der Waals surface area contributed by atoms with Crippen molar-refractivity contribution in [2.45, 2.75) is 32.0 Å². The summed E-state index contributed by atoms with van der Waals surface area (Å²) in [5, 5.41) is 10.7. The third-order valence-electron chi connectivity index (χ3n) is 4.85. The zero-order chi connectivity index (χ0) is 21.7. The van der Waals surface area contributed by atoms with E-state index in [1.165, 1.54) is 0 Å². The largest absolute Gasteiger partial charge is 0.497 e. The minimum absolute atomic E-state index is 0.164. The first-order chi connectivity index (χ1) is 15.2. The van der Waals surface area contributed by atoms with E-state index in [0.717, 1.165) is 22.4 Å². The lowest BCUT2D eigenvalue weighted by molar-refractivity contribution is -0.112. The van der Waals surface area contributed by atoms with Crippen LogP contribution in [-0.2, 0) is 34.0 Å². The van der Waals surface area contributed by atoms with Crippen molar-refractivity contribution in [1.82, 2.24) is 0 Å². The first kappa shape index (κ1) is 23.0. The molecular weight excluding hydrogens is 392 g/mol. The standard InChI is InChI=1S/C26H30O5/c1-28-24-14-12-23(13-15-24)18-31-26(20-30-17-22-10-6-3-7-11-22)25(27)19-29-16-21-8-4-2-5-9-21/h2-15,25-27H,16-20H2,1H3/t25-,26-/m0/s1. The van der Waals surface area contributed by atoms with E-state index in [1.54, 1.807) is 7.11 Å². The number of ether oxygens (including phenoxy) is 4. The molecule has 0 fully saturated rings. The van der Waals surface area contributed by atoms with Gasteiger partial charge in [-0.05, 0) is 28.8 Å². The number of hydrogen-bond donors (Lipinski definition) is 1. The minimum Gasteiger partial charge on any atom is -0.497 e. The van der Waals surface area contributed by atoms with E-state index < -0.39 is 12.2 Å². The first-order valence-corrected chi connectivity index (χ1v) is 10.4. The van der Waals surface area contributed by atoms with Crippen LogP contribution in [-0.4, -0.2) is 37.6 Å². The first-order valence-electron chi connectivity index (χ1n) is 10.4. The molecule has 31 heavy (non-hydrogen) atoms. The van der Waals surface area contributed by atoms with Gasteiger partial charge in [0.1, 0.15) is 18.0 Å². The van der Waals surface area contributed by atoms with Crippen LogP contribution in [0.4, 0.5) is 0 Å². The van der Waals surface area contributed by atoms with Crippen LogP contribution in [0.1, 0.15) is 16.7 Å². The van der Waals surface area contributed by atoms with Crippen LogP contribution in [0.15, 0.2) is 84.9 Å². The topological polar surface area (TPSA) is 57.2 Å². The molecule has 0 saturated heterocycles. The molecule has 0 saturated carbocycles. The number of aliphatic hydroxyl groups is 1. The zero-order valence-electron chi connectivity index (χ0n) is 17.9. The summed E-state index contributed by atoms with van der Waals surface area (Å²) in [5.41, 5.74) is 3.13. The van der Waals surface area contributed by atoms with Crippen LogP contribution in [0.3, 0.4) is 0 Å². The van der Waals surface area contributed by atoms with Crippen LogP contribution in [0.5, 0.6) is 5.75 Å². The minimum atomic E-state index is -0.808. The molecule has 3 aromatic carbocycles. The molecular formula is C26H30O5. The van der Waals surface area contributed by atoms with Gasteiger partial charge in [-0.3, -0.25) is 0 Å². The highest BCUT2D eigenvalue weighted by Crippen LogP contribution is 2.14. The Morgan fingerprint density at radius 3 is 1.71 bits per heavy atom. The summed E-state index contributed by atoms with van der Waals surface area (Å²) in [6.07, 6.45) is -1.32. The summed E-state index contributed by atoms with van der Waals surface area (Å²) in [5.74, 6) is 0.792. The molecule has 0 spiro atoms. The number of hydrogen-bond acceptors (Lipinski definition) is 5. The van der Waals surface area contributed by atoms with E-state index in [-0.39, 0.29) is 13.2 Å². The molecule has 2 atom stereocenters. The Morgan fingerprint density at radius 2 is 1.16 bits per heavy atom. The summed E-state index contributed by atoms with van der Waals surface area (Å²) in [4.78, 5) is 0. The second-order valence-electron chi connectivity index (χ2n) is 7.27. The lowest BCUT2D eigenvalue weighted by Crippen LogP contribution is -2.36. The Kier molecular flexibility index (Phi) is 9.54. The molecule has 0 bridgehead atoms. The van der Waals surface area contributed by atoms with Crippen LogP contribution in [0.2, 0.25) is 0 Å². The Labute approximate surface area is 184 Å². The quantitative estimate of drug-likeness (QED) is 0.443. The molecule has 1 N–H and O–H groups in total. The van der Waals surface area contributed by atoms with E-state index in [2.05, 4.69) is 0 Å². The van der Waals surface area contributed by atoms with Gasteiger partial charge in [-0.2, -0.15) is 0 Å². The molecule has 0 aliphatic rings. The summed E-state index contributed by atoms with van der Waals surface area (Å²) in [7, 11) is 1.64. The van der Waals surface area contributed by atoms with Gasteiger partial charge in [-0.15, -0.1) is 0 Å². The highest BCUT2D eigenvalue weighted by Gasteiger charge is 2.21. The second-order valence-corrected chi connectivity index (χ2v) is 7.27. The van der Waals surface area contributed by atoms with E-state index in [1.807, 2.05) is 84.9 Å². The van der Waals surface area contributed by atoms with Crippen LogP contribution >= 0.6 is 0 Å². The van der Waals surface area contributed by atoms with Gasteiger partial charge in [-0.1, -0.05) is 72.8 Å². The van der Waals surface area contributed by atoms with Gasteiger partial charge in [-0.25, -0.2) is 0 Å². The molecule has 0 aliphatic carbocycles. The van der Waals surface area contributed by atoms with Gasteiger partial charge in [0.15, 0.2) is 0 Å². The smallest absolute Gasteiger partial charge is 0.118 e. The Balaban J connectivity index is 1.52. The monoisotopic (exact) mass is 422 g/mol. The molecule has 0 amide bonds.